The van der Waals surface area contributed by atoms with E-state index in [0.29, 0.717) is 36.2 Å². The number of hydrogen-bond acceptors (Lipinski definition) is 5. The topological polar surface area (TPSA) is 85.0 Å². The van der Waals surface area contributed by atoms with Gasteiger partial charge < -0.3 is 4.74 Å². The molecule has 1 saturated carbocycles. The van der Waals surface area contributed by atoms with E-state index < -0.39 is 5.41 Å². The molecule has 1 aliphatic carbocycles. The molecule has 0 spiro atoms. The van der Waals surface area contributed by atoms with Crippen molar-refractivity contribution in [2.45, 2.75) is 39.2 Å². The zero-order valence-corrected chi connectivity index (χ0v) is 16.5. The van der Waals surface area contributed by atoms with Crippen LogP contribution in [-0.2, 0) is 22.5 Å². The van der Waals surface area contributed by atoms with Gasteiger partial charge in [0.05, 0.1) is 30.3 Å². The Bertz CT molecular complexity index is 956. The molecule has 1 heterocycles. The predicted octanol–water partition coefficient (Wildman–Crippen LogP) is 3.41. The number of ketones is 1. The van der Waals surface area contributed by atoms with E-state index in [1.807, 2.05) is 6.92 Å². The Morgan fingerprint density at radius 2 is 2.07 bits per heavy atom. The highest BCUT2D eigenvalue weighted by Gasteiger charge is 2.44. The number of nitrogens with zero attached hydrogens (tertiary/aromatic N) is 3. The lowest BCUT2D eigenvalue weighted by atomic mass is 10.0. The number of carbonyl (C=O) groups is 1. The summed E-state index contributed by atoms with van der Waals surface area (Å²) in [5.41, 5.74) is 0.497. The van der Waals surface area contributed by atoms with Crippen molar-refractivity contribution >= 4 is 17.4 Å². The summed E-state index contributed by atoms with van der Waals surface area (Å²) < 4.78 is 6.80. The van der Waals surface area contributed by atoms with Gasteiger partial charge in [0.2, 0.25) is 0 Å². The lowest BCUT2D eigenvalue weighted by Crippen LogP contribution is -2.29. The highest BCUT2D eigenvalue weighted by molar-refractivity contribution is 6.30. The molecule has 0 aliphatic heterocycles. The first-order valence-electron chi connectivity index (χ1n) is 9.34. The zero-order valence-electron chi connectivity index (χ0n) is 15.8. The minimum Gasteiger partial charge on any atom is -0.381 e. The van der Waals surface area contributed by atoms with Gasteiger partial charge in [0.25, 0.3) is 5.56 Å². The van der Waals surface area contributed by atoms with E-state index >= 15 is 0 Å². The minimum atomic E-state index is -0.525. The molecule has 0 unspecified atom stereocenters. The smallest absolute Gasteiger partial charge is 0.254 e. The first kappa shape index (κ1) is 20.2. The number of benzene rings is 1. The molecular formula is C21H22ClN3O3. The van der Waals surface area contributed by atoms with E-state index in [9.17, 15) is 14.9 Å². The second kappa shape index (κ2) is 8.68. The fourth-order valence-corrected chi connectivity index (χ4v) is 3.20. The molecule has 0 atom stereocenters. The molecule has 7 heteroatoms. The molecule has 28 heavy (non-hydrogen) atoms. The van der Waals surface area contributed by atoms with E-state index in [4.69, 9.17) is 16.3 Å². The number of aromatic nitrogens is 2. The van der Waals surface area contributed by atoms with Crippen LogP contribution >= 0.6 is 11.6 Å². The van der Waals surface area contributed by atoms with Crippen molar-refractivity contribution < 1.29 is 9.53 Å². The Morgan fingerprint density at radius 3 is 2.68 bits per heavy atom. The van der Waals surface area contributed by atoms with E-state index in [0.717, 1.165) is 18.4 Å². The van der Waals surface area contributed by atoms with Crippen molar-refractivity contribution in [3.8, 4) is 17.3 Å². The van der Waals surface area contributed by atoms with E-state index in [1.165, 1.54) is 10.6 Å². The number of hydrogen-bond donors (Lipinski definition) is 0. The zero-order chi connectivity index (χ0) is 20.1. The van der Waals surface area contributed by atoms with Crippen LogP contribution in [0.1, 0.15) is 32.0 Å². The number of rotatable bonds is 9. The summed E-state index contributed by atoms with van der Waals surface area (Å²) in [6.07, 6.45) is 2.09. The van der Waals surface area contributed by atoms with E-state index in [-0.39, 0.29) is 24.3 Å². The summed E-state index contributed by atoms with van der Waals surface area (Å²) in [6.45, 7) is 2.79. The number of nitriles is 1. The first-order chi connectivity index (χ1) is 13.5. The van der Waals surface area contributed by atoms with E-state index in [1.54, 1.807) is 24.3 Å². The normalized spacial score (nSPS) is 14.5. The van der Waals surface area contributed by atoms with Crippen LogP contribution in [0, 0.1) is 16.7 Å². The lowest BCUT2D eigenvalue weighted by molar-refractivity contribution is -0.120. The van der Waals surface area contributed by atoms with Gasteiger partial charge in [-0.15, -0.1) is 0 Å². The molecule has 0 saturated heterocycles. The second-order valence-electron chi connectivity index (χ2n) is 7.04. The van der Waals surface area contributed by atoms with Crippen LogP contribution in [0.25, 0.3) is 11.3 Å². The summed E-state index contributed by atoms with van der Waals surface area (Å²) >= 11 is 5.94. The van der Waals surface area contributed by atoms with Crippen LogP contribution in [0.4, 0.5) is 0 Å². The van der Waals surface area contributed by atoms with Crippen molar-refractivity contribution in [3.63, 3.8) is 0 Å². The summed E-state index contributed by atoms with van der Waals surface area (Å²) in [5, 5.41) is 9.80. The molecule has 3 rings (SSSR count). The third-order valence-electron chi connectivity index (χ3n) is 4.86. The van der Waals surface area contributed by atoms with Crippen LogP contribution in [0.15, 0.2) is 35.1 Å². The molecule has 146 valence electrons. The van der Waals surface area contributed by atoms with Gasteiger partial charge in [-0.25, -0.2) is 4.98 Å². The Morgan fingerprint density at radius 1 is 1.36 bits per heavy atom. The fourth-order valence-electron chi connectivity index (χ4n) is 3.08. The number of carbonyl (C=O) groups excluding carboxylic acids is 1. The predicted molar refractivity (Wildman–Crippen MR) is 106 cm³/mol. The van der Waals surface area contributed by atoms with Gasteiger partial charge in [0.15, 0.2) is 5.78 Å². The quantitative estimate of drug-likeness (QED) is 0.603. The van der Waals surface area contributed by atoms with E-state index in [2.05, 4.69) is 11.1 Å². The minimum absolute atomic E-state index is 0.0718. The highest BCUT2D eigenvalue weighted by Crippen LogP contribution is 2.48. The molecule has 1 fully saturated rings. The Kier molecular flexibility index (Phi) is 6.28. The standard InChI is InChI=1S/C21H22ClN3O3/c1-2-28-10-7-19-24-18(15-3-5-16(22)6-4-15)11-20(27)25(19)13-17(26)12-21(14-23)8-9-21/h3-6,11H,2,7-10,12-13H2,1H3. The van der Waals surface area contributed by atoms with Gasteiger partial charge >= 0.3 is 0 Å². The molecule has 1 aromatic carbocycles. The number of halogens is 1. The van der Waals surface area contributed by atoms with Crippen LogP contribution in [0.2, 0.25) is 5.02 Å². The average Bonchev–Trinajstić information content (AvgIpc) is 3.44. The Labute approximate surface area is 168 Å². The molecule has 1 aromatic heterocycles. The summed E-state index contributed by atoms with van der Waals surface area (Å²) in [4.78, 5) is 29.8. The fraction of sp³-hybridized carbons (Fsp3) is 0.429. The van der Waals surface area contributed by atoms with Crippen LogP contribution in [-0.4, -0.2) is 28.5 Å². The van der Waals surface area contributed by atoms with Gasteiger partial charge in [-0.2, -0.15) is 5.26 Å². The summed E-state index contributed by atoms with van der Waals surface area (Å²) in [7, 11) is 0. The van der Waals surface area contributed by atoms with Crippen molar-refractivity contribution in [2.24, 2.45) is 5.41 Å². The van der Waals surface area contributed by atoms with Gasteiger partial charge in [-0.1, -0.05) is 23.7 Å². The molecule has 0 N–H and O–H groups in total. The number of Topliss-reactive ketones (excluding diaryl/α,β-unsaturated/α-hetero) is 1. The summed E-state index contributed by atoms with van der Waals surface area (Å²) in [5.74, 6) is 0.376. The van der Waals surface area contributed by atoms with Crippen LogP contribution < -0.4 is 5.56 Å². The maximum absolute atomic E-state index is 12.8. The second-order valence-corrected chi connectivity index (χ2v) is 7.48. The van der Waals surface area contributed by atoms with Crippen molar-refractivity contribution in [1.29, 1.82) is 5.26 Å². The molecular weight excluding hydrogens is 378 g/mol. The average molecular weight is 400 g/mol. The Balaban J connectivity index is 1.89. The number of ether oxygens (including phenoxy) is 1. The van der Waals surface area contributed by atoms with Gasteiger partial charge in [-0.05, 0) is 31.9 Å². The third kappa shape index (κ3) is 4.86. The maximum Gasteiger partial charge on any atom is 0.254 e. The molecule has 0 amide bonds. The largest absolute Gasteiger partial charge is 0.381 e. The molecule has 0 radical (unpaired) electrons. The first-order valence-corrected chi connectivity index (χ1v) is 9.71. The van der Waals surface area contributed by atoms with Crippen LogP contribution in [0.3, 0.4) is 0 Å². The highest BCUT2D eigenvalue weighted by atomic mass is 35.5. The molecule has 2 aromatic rings. The SMILES string of the molecule is CCOCCc1nc(-c2ccc(Cl)cc2)cc(=O)n1CC(=O)CC1(C#N)CC1. The third-order valence-corrected chi connectivity index (χ3v) is 5.11. The lowest BCUT2D eigenvalue weighted by Gasteiger charge is -2.14. The molecule has 1 aliphatic rings. The maximum atomic E-state index is 12.8. The van der Waals surface area contributed by atoms with Gasteiger partial charge in [0.1, 0.15) is 5.82 Å². The Hall–Kier alpha value is -2.49. The van der Waals surface area contributed by atoms with Gasteiger partial charge in [0, 0.05) is 36.1 Å². The van der Waals surface area contributed by atoms with Crippen molar-refractivity contribution in [2.75, 3.05) is 13.2 Å². The molecule has 0 bridgehead atoms. The molecule has 6 nitrogen and oxygen atoms in total. The van der Waals surface area contributed by atoms with Gasteiger partial charge in [-0.3, -0.25) is 14.2 Å². The monoisotopic (exact) mass is 399 g/mol. The van der Waals surface area contributed by atoms with Crippen LogP contribution in [0.5, 0.6) is 0 Å². The van der Waals surface area contributed by atoms with Crippen molar-refractivity contribution in [3.05, 3.63) is 51.5 Å². The van der Waals surface area contributed by atoms with Crippen molar-refractivity contribution in [1.82, 2.24) is 9.55 Å². The summed E-state index contributed by atoms with van der Waals surface area (Å²) in [6, 6.07) is 10.7.